The van der Waals surface area contributed by atoms with Crippen molar-refractivity contribution in [2.75, 3.05) is 5.32 Å². The van der Waals surface area contributed by atoms with Gasteiger partial charge in [-0.2, -0.15) is 0 Å². The Hall–Kier alpha value is -2.31. The van der Waals surface area contributed by atoms with E-state index >= 15 is 0 Å². The van der Waals surface area contributed by atoms with Crippen LogP contribution in [-0.2, 0) is 11.3 Å². The molecule has 1 heterocycles. The SMILES string of the molecule is CC(C)Cn1ccnc1NC(=O)C1CC1c1cc(F)c(F)c(F)c1. The smallest absolute Gasteiger partial charge is 0.230 e. The Bertz CT molecular complexity index is 749. The molecule has 0 spiro atoms. The highest BCUT2D eigenvalue weighted by Gasteiger charge is 2.44. The molecule has 1 aliphatic carbocycles. The Morgan fingerprint density at radius 1 is 1.33 bits per heavy atom. The molecule has 1 amide bonds. The van der Waals surface area contributed by atoms with Crippen molar-refractivity contribution in [3.8, 4) is 0 Å². The van der Waals surface area contributed by atoms with Crippen LogP contribution in [0.5, 0.6) is 0 Å². The molecule has 1 aliphatic rings. The molecule has 2 aromatic rings. The van der Waals surface area contributed by atoms with Crippen LogP contribution in [0.4, 0.5) is 19.1 Å². The summed E-state index contributed by atoms with van der Waals surface area (Å²) in [6, 6.07) is 1.91. The van der Waals surface area contributed by atoms with Gasteiger partial charge in [0.05, 0.1) is 0 Å². The van der Waals surface area contributed by atoms with E-state index in [0.29, 0.717) is 23.9 Å². The number of anilines is 1. The Labute approximate surface area is 137 Å². The molecule has 0 bridgehead atoms. The highest BCUT2D eigenvalue weighted by atomic mass is 19.2. The number of rotatable bonds is 5. The zero-order valence-corrected chi connectivity index (χ0v) is 13.4. The number of halogens is 3. The number of nitrogens with one attached hydrogen (secondary N) is 1. The van der Waals surface area contributed by atoms with Gasteiger partial charge in [-0.15, -0.1) is 0 Å². The van der Waals surface area contributed by atoms with E-state index in [0.717, 1.165) is 18.7 Å². The average Bonchev–Trinajstić information content (AvgIpc) is 3.21. The quantitative estimate of drug-likeness (QED) is 0.846. The summed E-state index contributed by atoms with van der Waals surface area (Å²) in [5, 5.41) is 2.75. The molecule has 1 aromatic heterocycles. The van der Waals surface area contributed by atoms with Gasteiger partial charge < -0.3 is 4.57 Å². The summed E-state index contributed by atoms with van der Waals surface area (Å²) >= 11 is 0. The van der Waals surface area contributed by atoms with Crippen LogP contribution in [-0.4, -0.2) is 15.5 Å². The second-order valence-electron chi connectivity index (χ2n) is 6.53. The van der Waals surface area contributed by atoms with Gasteiger partial charge in [0.2, 0.25) is 11.9 Å². The van der Waals surface area contributed by atoms with Crippen molar-refractivity contribution >= 4 is 11.9 Å². The normalized spacial score (nSPS) is 19.6. The van der Waals surface area contributed by atoms with Crippen molar-refractivity contribution in [2.24, 2.45) is 11.8 Å². The maximum Gasteiger partial charge on any atom is 0.230 e. The largest absolute Gasteiger partial charge is 0.317 e. The Balaban J connectivity index is 1.67. The van der Waals surface area contributed by atoms with Gasteiger partial charge in [0, 0.05) is 24.9 Å². The second-order valence-corrected chi connectivity index (χ2v) is 6.53. The predicted molar refractivity (Wildman–Crippen MR) is 82.9 cm³/mol. The second kappa shape index (κ2) is 6.30. The molecule has 1 aromatic carbocycles. The van der Waals surface area contributed by atoms with E-state index in [4.69, 9.17) is 0 Å². The van der Waals surface area contributed by atoms with Crippen LogP contribution in [0.3, 0.4) is 0 Å². The van der Waals surface area contributed by atoms with E-state index < -0.39 is 23.4 Å². The monoisotopic (exact) mass is 337 g/mol. The molecule has 0 saturated heterocycles. The minimum absolute atomic E-state index is 0.249. The van der Waals surface area contributed by atoms with Crippen molar-refractivity contribution in [3.05, 3.63) is 47.5 Å². The molecule has 2 atom stereocenters. The number of carbonyl (C=O) groups excluding carboxylic acids is 1. The Morgan fingerprint density at radius 3 is 2.62 bits per heavy atom. The van der Waals surface area contributed by atoms with E-state index in [9.17, 15) is 18.0 Å². The first-order valence-electron chi connectivity index (χ1n) is 7.83. The van der Waals surface area contributed by atoms with Gasteiger partial charge in [-0.05, 0) is 36.0 Å². The lowest BCUT2D eigenvalue weighted by molar-refractivity contribution is -0.117. The van der Waals surface area contributed by atoms with Crippen molar-refractivity contribution < 1.29 is 18.0 Å². The number of amides is 1. The Kier molecular flexibility index (Phi) is 4.34. The van der Waals surface area contributed by atoms with Crippen molar-refractivity contribution in [3.63, 3.8) is 0 Å². The fourth-order valence-corrected chi connectivity index (χ4v) is 2.82. The first-order valence-corrected chi connectivity index (χ1v) is 7.83. The van der Waals surface area contributed by atoms with Crippen molar-refractivity contribution in [2.45, 2.75) is 32.7 Å². The van der Waals surface area contributed by atoms with Crippen LogP contribution in [0.25, 0.3) is 0 Å². The minimum atomic E-state index is -1.49. The van der Waals surface area contributed by atoms with Gasteiger partial charge in [-0.25, -0.2) is 18.2 Å². The van der Waals surface area contributed by atoms with Crippen LogP contribution in [0.15, 0.2) is 24.5 Å². The molecule has 3 rings (SSSR count). The third-order valence-electron chi connectivity index (χ3n) is 4.07. The number of imidazole rings is 1. The topological polar surface area (TPSA) is 46.9 Å². The first-order chi connectivity index (χ1) is 11.4. The maximum absolute atomic E-state index is 13.3. The van der Waals surface area contributed by atoms with Gasteiger partial charge >= 0.3 is 0 Å². The van der Waals surface area contributed by atoms with Gasteiger partial charge in [0.25, 0.3) is 0 Å². The molecule has 2 unspecified atom stereocenters. The standard InChI is InChI=1S/C17H18F3N3O/c1-9(2)8-23-4-3-21-17(23)22-16(24)12-7-11(12)10-5-13(18)15(20)14(19)6-10/h3-6,9,11-12H,7-8H2,1-2H3,(H,21,22,24). The molecule has 7 heteroatoms. The van der Waals surface area contributed by atoms with E-state index in [1.165, 1.54) is 0 Å². The third-order valence-corrected chi connectivity index (χ3v) is 4.07. The molecule has 128 valence electrons. The molecule has 24 heavy (non-hydrogen) atoms. The summed E-state index contributed by atoms with van der Waals surface area (Å²) < 4.78 is 41.5. The van der Waals surface area contributed by atoms with Crippen LogP contribution in [0.2, 0.25) is 0 Å². The van der Waals surface area contributed by atoms with E-state index in [-0.39, 0.29) is 11.8 Å². The number of benzene rings is 1. The van der Waals surface area contributed by atoms with Gasteiger partial charge in [0.15, 0.2) is 17.5 Å². The van der Waals surface area contributed by atoms with Gasteiger partial charge in [-0.3, -0.25) is 10.1 Å². The lowest BCUT2D eigenvalue weighted by Gasteiger charge is -2.11. The van der Waals surface area contributed by atoms with E-state index in [1.54, 1.807) is 12.4 Å². The molecular formula is C17H18F3N3O. The number of nitrogens with zero attached hydrogens (tertiary/aromatic N) is 2. The molecule has 1 fully saturated rings. The lowest BCUT2D eigenvalue weighted by atomic mass is 10.1. The summed E-state index contributed by atoms with van der Waals surface area (Å²) in [5.74, 6) is -4.05. The predicted octanol–water partition coefficient (Wildman–Crippen LogP) is 3.70. The number of hydrogen-bond donors (Lipinski definition) is 1. The van der Waals surface area contributed by atoms with Crippen molar-refractivity contribution in [1.29, 1.82) is 0 Å². The van der Waals surface area contributed by atoms with Crippen LogP contribution in [0.1, 0.15) is 31.7 Å². The summed E-state index contributed by atoms with van der Waals surface area (Å²) in [6.45, 7) is 4.83. The van der Waals surface area contributed by atoms with Gasteiger partial charge in [-0.1, -0.05) is 13.8 Å². The summed E-state index contributed by atoms with van der Waals surface area (Å²) in [6.07, 6.45) is 3.86. The number of carbonyl (C=O) groups is 1. The fourth-order valence-electron chi connectivity index (χ4n) is 2.82. The third kappa shape index (κ3) is 3.29. The summed E-state index contributed by atoms with van der Waals surface area (Å²) in [4.78, 5) is 16.4. The Morgan fingerprint density at radius 2 is 2.00 bits per heavy atom. The summed E-state index contributed by atoms with van der Waals surface area (Å²) in [7, 11) is 0. The van der Waals surface area contributed by atoms with Crippen LogP contribution < -0.4 is 5.32 Å². The number of aromatic nitrogens is 2. The van der Waals surface area contributed by atoms with Crippen LogP contribution in [0, 0.1) is 29.3 Å². The summed E-state index contributed by atoms with van der Waals surface area (Å²) in [5.41, 5.74) is 0.303. The average molecular weight is 337 g/mol. The van der Waals surface area contributed by atoms with E-state index in [1.807, 2.05) is 4.57 Å². The molecule has 1 N–H and O–H groups in total. The molecule has 0 radical (unpaired) electrons. The molecule has 0 aliphatic heterocycles. The minimum Gasteiger partial charge on any atom is -0.317 e. The highest BCUT2D eigenvalue weighted by molar-refractivity contribution is 5.94. The number of hydrogen-bond acceptors (Lipinski definition) is 2. The first kappa shape index (κ1) is 16.5. The van der Waals surface area contributed by atoms with Crippen molar-refractivity contribution in [1.82, 2.24) is 9.55 Å². The zero-order valence-electron chi connectivity index (χ0n) is 13.4. The lowest BCUT2D eigenvalue weighted by Crippen LogP contribution is -2.19. The highest BCUT2D eigenvalue weighted by Crippen LogP contribution is 2.48. The molecule has 1 saturated carbocycles. The van der Waals surface area contributed by atoms with E-state index in [2.05, 4.69) is 24.1 Å². The van der Waals surface area contributed by atoms with Gasteiger partial charge in [0.1, 0.15) is 0 Å². The maximum atomic E-state index is 13.3. The van der Waals surface area contributed by atoms with Crippen LogP contribution >= 0.6 is 0 Å². The molecular weight excluding hydrogens is 319 g/mol. The molecule has 4 nitrogen and oxygen atoms in total. The fraction of sp³-hybridized carbons (Fsp3) is 0.412. The zero-order chi connectivity index (χ0) is 17.4.